The number of morpholine rings is 1. The number of nitrogens with zero attached hydrogens (tertiary/aromatic N) is 5. The highest BCUT2D eigenvalue weighted by Crippen LogP contribution is 2.29. The van der Waals surface area contributed by atoms with Gasteiger partial charge in [-0.1, -0.05) is 12.1 Å². The normalized spacial score (nSPS) is 21.8. The summed E-state index contributed by atoms with van der Waals surface area (Å²) in [4.78, 5) is 16.0. The summed E-state index contributed by atoms with van der Waals surface area (Å²) >= 11 is 0. The van der Waals surface area contributed by atoms with E-state index in [0.717, 1.165) is 22.9 Å². The molecule has 1 saturated carbocycles. The maximum Gasteiger partial charge on any atom is 0.322 e. The molecular formula is C20H25N7O4S. The zero-order valence-electron chi connectivity index (χ0n) is 17.7. The van der Waals surface area contributed by atoms with Crippen LogP contribution < -0.4 is 14.4 Å². The van der Waals surface area contributed by atoms with Gasteiger partial charge in [0.15, 0.2) is 5.82 Å². The van der Waals surface area contributed by atoms with E-state index in [2.05, 4.69) is 29.8 Å². The van der Waals surface area contributed by atoms with Crippen LogP contribution in [0.3, 0.4) is 0 Å². The zero-order valence-corrected chi connectivity index (χ0v) is 18.5. The summed E-state index contributed by atoms with van der Waals surface area (Å²) in [7, 11) is -3.26. The van der Waals surface area contributed by atoms with Crippen LogP contribution in [0.4, 0.5) is 5.95 Å². The second-order valence-electron chi connectivity index (χ2n) is 8.12. The van der Waals surface area contributed by atoms with Crippen LogP contribution in [-0.4, -0.2) is 78.3 Å². The molecule has 2 N–H and O–H groups in total. The van der Waals surface area contributed by atoms with Gasteiger partial charge >= 0.3 is 6.01 Å². The molecule has 0 amide bonds. The molecule has 1 aromatic carbocycles. The van der Waals surface area contributed by atoms with Gasteiger partial charge in [-0.2, -0.15) is 20.1 Å². The SMILES string of the molecule is CS(=O)(=O)N[C@@H]1CC[C@@H](Oc2nc(-c3cccc4[nH]ncc34)nc(N3CCOCC3)n2)C1. The molecule has 0 unspecified atom stereocenters. The van der Waals surface area contributed by atoms with Gasteiger partial charge in [-0.15, -0.1) is 0 Å². The Kier molecular flexibility index (Phi) is 5.66. The van der Waals surface area contributed by atoms with Crippen molar-refractivity contribution in [3.8, 4) is 17.4 Å². The van der Waals surface area contributed by atoms with Gasteiger partial charge in [0.05, 0.1) is 31.2 Å². The lowest BCUT2D eigenvalue weighted by atomic mass is 10.1. The standard InChI is InChI=1S/C20H25N7O4S/c1-32(28,29)26-13-5-6-14(11-13)31-20-23-18(15-3-2-4-17-16(15)12-21-25-17)22-19(24-20)27-7-9-30-10-8-27/h2-4,12-14,26H,5-11H2,1H3,(H,21,25)/t13-,14-/m1/s1. The van der Waals surface area contributed by atoms with Gasteiger partial charge in [0.2, 0.25) is 16.0 Å². The number of anilines is 1. The minimum Gasteiger partial charge on any atom is -0.460 e. The Bertz CT molecular complexity index is 1210. The summed E-state index contributed by atoms with van der Waals surface area (Å²) in [5.74, 6) is 1.05. The number of benzene rings is 1. The van der Waals surface area contributed by atoms with Gasteiger partial charge in [-0.25, -0.2) is 13.1 Å². The summed E-state index contributed by atoms with van der Waals surface area (Å²) in [6, 6.07) is 5.91. The predicted octanol–water partition coefficient (Wildman–Crippen LogP) is 1.10. The quantitative estimate of drug-likeness (QED) is 0.555. The molecule has 170 valence electrons. The summed E-state index contributed by atoms with van der Waals surface area (Å²) in [6.45, 7) is 2.58. The van der Waals surface area contributed by atoms with E-state index in [1.54, 1.807) is 6.20 Å². The minimum atomic E-state index is -3.26. The first kappa shape index (κ1) is 21.0. The maximum absolute atomic E-state index is 11.6. The molecule has 0 spiro atoms. The highest BCUT2D eigenvalue weighted by atomic mass is 32.2. The largest absolute Gasteiger partial charge is 0.460 e. The molecule has 0 radical (unpaired) electrons. The molecular weight excluding hydrogens is 434 g/mol. The molecule has 0 bridgehead atoms. The number of nitrogens with one attached hydrogen (secondary N) is 2. The van der Waals surface area contributed by atoms with Gasteiger partial charge in [0.25, 0.3) is 0 Å². The van der Waals surface area contributed by atoms with Crippen molar-refractivity contribution in [2.75, 3.05) is 37.5 Å². The fourth-order valence-electron chi connectivity index (χ4n) is 4.19. The van der Waals surface area contributed by atoms with Crippen LogP contribution in [-0.2, 0) is 14.8 Å². The number of H-pyrrole nitrogens is 1. The summed E-state index contributed by atoms with van der Waals surface area (Å²) in [5.41, 5.74) is 1.73. The molecule has 1 saturated heterocycles. The Morgan fingerprint density at radius 3 is 2.84 bits per heavy atom. The van der Waals surface area contributed by atoms with Crippen LogP contribution in [0.15, 0.2) is 24.4 Å². The van der Waals surface area contributed by atoms with Gasteiger partial charge < -0.3 is 14.4 Å². The first-order valence-corrected chi connectivity index (χ1v) is 12.5. The highest BCUT2D eigenvalue weighted by Gasteiger charge is 2.29. The fraction of sp³-hybridized carbons (Fsp3) is 0.500. The third kappa shape index (κ3) is 4.66. The van der Waals surface area contributed by atoms with Crippen LogP contribution in [0.5, 0.6) is 6.01 Å². The molecule has 2 aliphatic rings. The highest BCUT2D eigenvalue weighted by molar-refractivity contribution is 7.88. The van der Waals surface area contributed by atoms with Crippen LogP contribution in [0, 0.1) is 0 Å². The van der Waals surface area contributed by atoms with Crippen molar-refractivity contribution >= 4 is 26.9 Å². The Labute approximate surface area is 185 Å². The van der Waals surface area contributed by atoms with Crippen molar-refractivity contribution < 1.29 is 17.9 Å². The third-order valence-electron chi connectivity index (χ3n) is 5.66. The third-order valence-corrected chi connectivity index (χ3v) is 6.42. The van der Waals surface area contributed by atoms with Crippen molar-refractivity contribution in [1.29, 1.82) is 0 Å². The van der Waals surface area contributed by atoms with E-state index in [0.29, 0.717) is 50.9 Å². The van der Waals surface area contributed by atoms with E-state index in [9.17, 15) is 8.42 Å². The van der Waals surface area contributed by atoms with E-state index in [1.165, 1.54) is 6.26 Å². The Morgan fingerprint density at radius 2 is 2.03 bits per heavy atom. The number of hydrogen-bond donors (Lipinski definition) is 2. The fourth-order valence-corrected chi connectivity index (χ4v) is 5.01. The van der Waals surface area contributed by atoms with Crippen LogP contribution in [0.2, 0.25) is 0 Å². The number of hydrogen-bond acceptors (Lipinski definition) is 9. The average molecular weight is 460 g/mol. The lowest BCUT2D eigenvalue weighted by Gasteiger charge is -2.27. The molecule has 3 heterocycles. The second kappa shape index (κ2) is 8.60. The number of rotatable bonds is 6. The summed E-state index contributed by atoms with van der Waals surface area (Å²) < 4.78 is 37.3. The van der Waals surface area contributed by atoms with E-state index in [-0.39, 0.29) is 18.2 Å². The number of sulfonamides is 1. The second-order valence-corrected chi connectivity index (χ2v) is 9.90. The molecule has 2 atom stereocenters. The van der Waals surface area contributed by atoms with Crippen molar-refractivity contribution in [1.82, 2.24) is 29.9 Å². The van der Waals surface area contributed by atoms with E-state index in [1.807, 2.05) is 18.2 Å². The van der Waals surface area contributed by atoms with Crippen molar-refractivity contribution in [2.45, 2.75) is 31.4 Å². The predicted molar refractivity (Wildman–Crippen MR) is 118 cm³/mol. The summed E-state index contributed by atoms with van der Waals surface area (Å²) in [5, 5.41) is 8.01. The summed E-state index contributed by atoms with van der Waals surface area (Å²) in [6.07, 6.45) is 4.75. The maximum atomic E-state index is 11.6. The molecule has 12 heteroatoms. The zero-order chi connectivity index (χ0) is 22.1. The average Bonchev–Trinajstić information content (AvgIpc) is 3.42. The number of aromatic nitrogens is 5. The Balaban J connectivity index is 1.45. The number of aromatic amines is 1. The van der Waals surface area contributed by atoms with Crippen molar-refractivity contribution in [3.63, 3.8) is 0 Å². The lowest BCUT2D eigenvalue weighted by molar-refractivity contribution is 0.121. The van der Waals surface area contributed by atoms with Crippen molar-refractivity contribution in [3.05, 3.63) is 24.4 Å². The van der Waals surface area contributed by atoms with Gasteiger partial charge in [0.1, 0.15) is 6.10 Å². The molecule has 5 rings (SSSR count). The molecule has 1 aliphatic carbocycles. The topological polar surface area (TPSA) is 135 Å². The monoisotopic (exact) mass is 459 g/mol. The first-order chi connectivity index (χ1) is 15.4. The van der Waals surface area contributed by atoms with E-state index in [4.69, 9.17) is 14.5 Å². The molecule has 32 heavy (non-hydrogen) atoms. The van der Waals surface area contributed by atoms with E-state index < -0.39 is 10.0 Å². The molecule has 2 fully saturated rings. The Hall–Kier alpha value is -2.83. The molecule has 2 aromatic heterocycles. The first-order valence-electron chi connectivity index (χ1n) is 10.6. The van der Waals surface area contributed by atoms with Crippen LogP contribution in [0.1, 0.15) is 19.3 Å². The molecule has 11 nitrogen and oxygen atoms in total. The molecule has 3 aromatic rings. The minimum absolute atomic E-state index is 0.144. The number of ether oxygens (including phenoxy) is 2. The molecule has 1 aliphatic heterocycles. The Morgan fingerprint density at radius 1 is 1.19 bits per heavy atom. The van der Waals surface area contributed by atoms with Crippen LogP contribution >= 0.6 is 0 Å². The van der Waals surface area contributed by atoms with Gasteiger partial charge in [0, 0.05) is 36.5 Å². The smallest absolute Gasteiger partial charge is 0.322 e. The van der Waals surface area contributed by atoms with Crippen LogP contribution in [0.25, 0.3) is 22.3 Å². The van der Waals surface area contributed by atoms with Gasteiger partial charge in [-0.05, 0) is 18.9 Å². The van der Waals surface area contributed by atoms with Crippen molar-refractivity contribution in [2.24, 2.45) is 0 Å². The van der Waals surface area contributed by atoms with E-state index >= 15 is 0 Å². The van der Waals surface area contributed by atoms with Gasteiger partial charge in [-0.3, -0.25) is 5.10 Å². The number of fused-ring (bicyclic) bond motifs is 1. The lowest BCUT2D eigenvalue weighted by Crippen LogP contribution is -2.37.